The number of aliphatic hydroxyl groups is 1. The SMILES string of the molecule is N=C1C(c2nc(-c3ccccc3Cl)cs2)=C(O)CN1Cc1ccc(F)cc1. The van der Waals surface area contributed by atoms with Crippen molar-refractivity contribution in [2.75, 3.05) is 6.54 Å². The van der Waals surface area contributed by atoms with E-state index in [0.717, 1.165) is 11.1 Å². The van der Waals surface area contributed by atoms with Crippen LogP contribution < -0.4 is 0 Å². The molecule has 0 saturated carbocycles. The van der Waals surface area contributed by atoms with E-state index in [2.05, 4.69) is 4.98 Å². The van der Waals surface area contributed by atoms with Crippen LogP contribution in [-0.4, -0.2) is 27.4 Å². The van der Waals surface area contributed by atoms with Crippen LogP contribution in [0.2, 0.25) is 5.02 Å². The molecule has 4 rings (SSSR count). The first kappa shape index (κ1) is 17.7. The highest BCUT2D eigenvalue weighted by Gasteiger charge is 2.30. The lowest BCUT2D eigenvalue weighted by atomic mass is 10.2. The number of aliphatic hydroxyl groups excluding tert-OH is 1. The van der Waals surface area contributed by atoms with Crippen molar-refractivity contribution in [2.24, 2.45) is 0 Å². The Balaban J connectivity index is 1.57. The van der Waals surface area contributed by atoms with Crippen LogP contribution in [-0.2, 0) is 6.54 Å². The van der Waals surface area contributed by atoms with Crippen molar-refractivity contribution in [3.63, 3.8) is 0 Å². The minimum Gasteiger partial charge on any atom is -0.510 e. The number of benzene rings is 2. The van der Waals surface area contributed by atoms with E-state index < -0.39 is 0 Å². The molecule has 1 aromatic heterocycles. The average Bonchev–Trinajstić information content (AvgIpc) is 3.22. The van der Waals surface area contributed by atoms with Crippen molar-refractivity contribution < 1.29 is 9.50 Å². The molecule has 0 spiro atoms. The van der Waals surface area contributed by atoms with Crippen LogP contribution >= 0.6 is 22.9 Å². The van der Waals surface area contributed by atoms with Gasteiger partial charge in [-0.3, -0.25) is 5.41 Å². The van der Waals surface area contributed by atoms with Gasteiger partial charge in [0.1, 0.15) is 22.4 Å². The van der Waals surface area contributed by atoms with Crippen LogP contribution in [0.3, 0.4) is 0 Å². The fraction of sp³-hybridized carbons (Fsp3) is 0.100. The molecule has 7 heteroatoms. The van der Waals surface area contributed by atoms with Gasteiger partial charge < -0.3 is 10.0 Å². The predicted octanol–water partition coefficient (Wildman–Crippen LogP) is 5.36. The number of nitrogens with one attached hydrogen (secondary N) is 1. The molecule has 1 aliphatic rings. The van der Waals surface area contributed by atoms with Crippen LogP contribution in [0.4, 0.5) is 4.39 Å². The Labute approximate surface area is 164 Å². The Hall–Kier alpha value is -2.70. The number of thiazole rings is 1. The highest BCUT2D eigenvalue weighted by molar-refractivity contribution is 7.11. The van der Waals surface area contributed by atoms with Gasteiger partial charge in [0.2, 0.25) is 0 Å². The molecule has 0 bridgehead atoms. The van der Waals surface area contributed by atoms with Gasteiger partial charge in [0.05, 0.1) is 17.8 Å². The normalized spacial score (nSPS) is 14.3. The molecule has 4 nitrogen and oxygen atoms in total. The number of amidine groups is 1. The van der Waals surface area contributed by atoms with E-state index in [1.807, 2.05) is 23.6 Å². The van der Waals surface area contributed by atoms with Crippen molar-refractivity contribution in [3.8, 4) is 11.3 Å². The Morgan fingerprint density at radius 1 is 1.19 bits per heavy atom. The molecule has 0 atom stereocenters. The van der Waals surface area contributed by atoms with E-state index in [1.54, 1.807) is 23.1 Å². The van der Waals surface area contributed by atoms with Crippen LogP contribution in [0, 0.1) is 11.2 Å². The number of hydrogen-bond donors (Lipinski definition) is 2. The van der Waals surface area contributed by atoms with E-state index >= 15 is 0 Å². The molecule has 0 amide bonds. The first-order valence-corrected chi connectivity index (χ1v) is 9.50. The Bertz CT molecular complexity index is 1050. The molecule has 0 aliphatic carbocycles. The van der Waals surface area contributed by atoms with E-state index in [-0.39, 0.29) is 24.0 Å². The van der Waals surface area contributed by atoms with Crippen LogP contribution in [0.1, 0.15) is 10.6 Å². The number of halogens is 2. The lowest BCUT2D eigenvalue weighted by molar-refractivity contribution is 0.347. The molecule has 2 N–H and O–H groups in total. The molecule has 0 saturated heterocycles. The van der Waals surface area contributed by atoms with Crippen LogP contribution in [0.5, 0.6) is 0 Å². The third kappa shape index (κ3) is 3.46. The van der Waals surface area contributed by atoms with Crippen molar-refractivity contribution in [1.29, 1.82) is 5.41 Å². The minimum absolute atomic E-state index is 0.113. The van der Waals surface area contributed by atoms with Crippen molar-refractivity contribution in [2.45, 2.75) is 6.54 Å². The molecular formula is C20H15ClFN3OS. The summed E-state index contributed by atoms with van der Waals surface area (Å²) in [6.45, 7) is 0.641. The molecule has 1 aliphatic heterocycles. The molecule has 2 aromatic carbocycles. The summed E-state index contributed by atoms with van der Waals surface area (Å²) in [6, 6.07) is 13.6. The van der Waals surface area contributed by atoms with Crippen LogP contribution in [0.15, 0.2) is 59.7 Å². The molecule has 3 aromatic rings. The summed E-state index contributed by atoms with van der Waals surface area (Å²) < 4.78 is 13.1. The van der Waals surface area contributed by atoms with Gasteiger partial charge in [0.15, 0.2) is 0 Å². The third-order valence-corrected chi connectivity index (χ3v) is 5.53. The first-order chi connectivity index (χ1) is 13.0. The maximum absolute atomic E-state index is 13.1. The van der Waals surface area contributed by atoms with Gasteiger partial charge in [-0.2, -0.15) is 0 Å². The third-order valence-electron chi connectivity index (χ3n) is 4.34. The lowest BCUT2D eigenvalue weighted by Gasteiger charge is -2.18. The first-order valence-electron chi connectivity index (χ1n) is 8.24. The van der Waals surface area contributed by atoms with Crippen molar-refractivity contribution in [1.82, 2.24) is 9.88 Å². The standard InChI is InChI=1S/C20H15ClFN3OS/c21-15-4-2-1-3-14(15)16-11-27-20(24-16)18-17(26)10-25(19(18)23)9-12-5-7-13(22)8-6-12/h1-8,11,23,26H,9-10H2. The summed E-state index contributed by atoms with van der Waals surface area (Å²) in [7, 11) is 0. The van der Waals surface area contributed by atoms with Crippen molar-refractivity contribution in [3.05, 3.63) is 81.1 Å². The van der Waals surface area contributed by atoms with Gasteiger partial charge in [0, 0.05) is 22.5 Å². The Morgan fingerprint density at radius 2 is 1.93 bits per heavy atom. The molecular weight excluding hydrogens is 385 g/mol. The van der Waals surface area contributed by atoms with Gasteiger partial charge in [-0.05, 0) is 23.8 Å². The summed E-state index contributed by atoms with van der Waals surface area (Å²) in [5.41, 5.74) is 2.83. The summed E-state index contributed by atoms with van der Waals surface area (Å²) in [5.74, 6) is 0.0193. The summed E-state index contributed by atoms with van der Waals surface area (Å²) in [6.07, 6.45) is 0. The Kier molecular flexibility index (Phi) is 4.68. The van der Waals surface area contributed by atoms with Crippen LogP contribution in [0.25, 0.3) is 16.8 Å². The smallest absolute Gasteiger partial charge is 0.135 e. The highest BCUT2D eigenvalue weighted by Crippen LogP contribution is 2.34. The van der Waals surface area contributed by atoms with Gasteiger partial charge in [-0.1, -0.05) is 41.9 Å². The average molecular weight is 400 g/mol. The molecule has 0 unspecified atom stereocenters. The summed E-state index contributed by atoms with van der Waals surface area (Å²) in [4.78, 5) is 6.31. The van der Waals surface area contributed by atoms with Gasteiger partial charge in [-0.15, -0.1) is 11.3 Å². The fourth-order valence-electron chi connectivity index (χ4n) is 2.98. The largest absolute Gasteiger partial charge is 0.510 e. The fourth-order valence-corrected chi connectivity index (χ4v) is 4.10. The van der Waals surface area contributed by atoms with Gasteiger partial charge in [0.25, 0.3) is 0 Å². The number of nitrogens with zero attached hydrogens (tertiary/aromatic N) is 2. The zero-order valence-corrected chi connectivity index (χ0v) is 15.7. The molecule has 27 heavy (non-hydrogen) atoms. The molecule has 136 valence electrons. The van der Waals surface area contributed by atoms with E-state index in [0.29, 0.717) is 27.8 Å². The summed E-state index contributed by atoms with van der Waals surface area (Å²) >= 11 is 7.60. The van der Waals surface area contributed by atoms with E-state index in [1.165, 1.54) is 23.5 Å². The lowest BCUT2D eigenvalue weighted by Crippen LogP contribution is -2.26. The zero-order chi connectivity index (χ0) is 19.0. The molecule has 2 heterocycles. The maximum atomic E-state index is 13.1. The second kappa shape index (κ2) is 7.13. The Morgan fingerprint density at radius 3 is 2.67 bits per heavy atom. The van der Waals surface area contributed by atoms with E-state index in [4.69, 9.17) is 17.0 Å². The second-order valence-electron chi connectivity index (χ2n) is 6.17. The molecule has 0 fully saturated rings. The highest BCUT2D eigenvalue weighted by atomic mass is 35.5. The minimum atomic E-state index is -0.299. The van der Waals surface area contributed by atoms with Gasteiger partial charge >= 0.3 is 0 Å². The van der Waals surface area contributed by atoms with E-state index in [9.17, 15) is 9.50 Å². The zero-order valence-electron chi connectivity index (χ0n) is 14.1. The monoisotopic (exact) mass is 399 g/mol. The predicted molar refractivity (Wildman–Crippen MR) is 107 cm³/mol. The molecule has 0 radical (unpaired) electrons. The maximum Gasteiger partial charge on any atom is 0.135 e. The van der Waals surface area contributed by atoms with Gasteiger partial charge in [-0.25, -0.2) is 9.37 Å². The number of hydrogen-bond acceptors (Lipinski definition) is 4. The second-order valence-corrected chi connectivity index (χ2v) is 7.44. The number of rotatable bonds is 4. The quantitative estimate of drug-likeness (QED) is 0.620. The van der Waals surface area contributed by atoms with Crippen molar-refractivity contribution >= 4 is 34.3 Å². The summed E-state index contributed by atoms with van der Waals surface area (Å²) in [5, 5.41) is 21.9. The number of aromatic nitrogens is 1. The topological polar surface area (TPSA) is 60.2 Å².